The molecule has 0 radical (unpaired) electrons. The summed E-state index contributed by atoms with van der Waals surface area (Å²) in [4.78, 5) is 29.4. The first-order valence-electron chi connectivity index (χ1n) is 6.55. The third-order valence-electron chi connectivity index (χ3n) is 2.89. The highest BCUT2D eigenvalue weighted by Gasteiger charge is 2.13. The Labute approximate surface area is 122 Å². The van der Waals surface area contributed by atoms with E-state index in [9.17, 15) is 9.59 Å². The van der Waals surface area contributed by atoms with E-state index in [2.05, 4.69) is 21.9 Å². The van der Waals surface area contributed by atoms with Gasteiger partial charge in [-0.25, -0.2) is 9.78 Å². The van der Waals surface area contributed by atoms with Gasteiger partial charge in [0.05, 0.1) is 11.0 Å². The van der Waals surface area contributed by atoms with Crippen LogP contribution in [0.2, 0.25) is 0 Å². The van der Waals surface area contributed by atoms with E-state index in [1.165, 1.54) is 0 Å². The van der Waals surface area contributed by atoms with Crippen molar-refractivity contribution >= 4 is 29.1 Å². The first kappa shape index (κ1) is 14.8. The molecule has 0 aliphatic heterocycles. The van der Waals surface area contributed by atoms with Crippen molar-refractivity contribution < 1.29 is 14.3 Å². The highest BCUT2D eigenvalue weighted by atomic mass is 16.5. The van der Waals surface area contributed by atoms with E-state index < -0.39 is 5.97 Å². The number of ether oxygens (including phenoxy) is 1. The molecule has 6 nitrogen and oxygen atoms in total. The van der Waals surface area contributed by atoms with E-state index in [1.807, 2.05) is 6.07 Å². The largest absolute Gasteiger partial charge is 0.459 e. The molecule has 1 aromatic carbocycles. The fourth-order valence-corrected chi connectivity index (χ4v) is 1.91. The molecule has 0 aliphatic rings. The highest BCUT2D eigenvalue weighted by Crippen LogP contribution is 2.18. The van der Waals surface area contributed by atoms with E-state index in [4.69, 9.17) is 4.74 Å². The summed E-state index contributed by atoms with van der Waals surface area (Å²) in [5, 5.41) is 2.58. The predicted molar refractivity (Wildman–Crippen MR) is 79.9 cm³/mol. The fraction of sp³-hybridized carbons (Fsp3) is 0.267. The molecule has 0 aliphatic carbocycles. The fourth-order valence-electron chi connectivity index (χ4n) is 1.91. The lowest BCUT2D eigenvalue weighted by Crippen LogP contribution is -2.18. The lowest BCUT2D eigenvalue weighted by Gasteiger charge is -2.11. The van der Waals surface area contributed by atoms with Gasteiger partial charge in [-0.3, -0.25) is 4.79 Å². The number of fused-ring (bicyclic) bond motifs is 1. The number of aromatic nitrogens is 2. The zero-order chi connectivity index (χ0) is 15.4. The summed E-state index contributed by atoms with van der Waals surface area (Å²) in [7, 11) is 0. The number of anilines is 1. The number of amides is 1. The lowest BCUT2D eigenvalue weighted by molar-refractivity contribution is -0.143. The summed E-state index contributed by atoms with van der Waals surface area (Å²) in [6, 6.07) is 5.38. The van der Waals surface area contributed by atoms with Gasteiger partial charge in [0.2, 0.25) is 6.41 Å². The number of nitrogens with zero attached hydrogens (tertiary/aromatic N) is 1. The van der Waals surface area contributed by atoms with Crippen LogP contribution in [0.3, 0.4) is 0 Å². The molecule has 1 aromatic heterocycles. The first-order chi connectivity index (χ1) is 9.99. The van der Waals surface area contributed by atoms with E-state index in [-0.39, 0.29) is 6.10 Å². The van der Waals surface area contributed by atoms with Gasteiger partial charge in [0.1, 0.15) is 11.9 Å². The van der Waals surface area contributed by atoms with Crippen molar-refractivity contribution in [3.63, 3.8) is 0 Å². The number of carbonyl (C=O) groups excluding carboxylic acids is 2. The lowest BCUT2D eigenvalue weighted by atomic mass is 10.2. The standard InChI is InChI=1S/C15H17N3O3/c1-9(2)15(20)21-10(3)6-14-17-12-5-4-11(16-8-19)7-13(12)18-14/h4-5,7-8,10H,1,6H2,2-3H3,(H,16,19)(H,17,18). The molecular formula is C15H17N3O3. The maximum atomic E-state index is 11.4. The van der Waals surface area contributed by atoms with Gasteiger partial charge >= 0.3 is 5.97 Å². The van der Waals surface area contributed by atoms with Crippen LogP contribution < -0.4 is 5.32 Å². The van der Waals surface area contributed by atoms with Crippen molar-refractivity contribution in [1.82, 2.24) is 9.97 Å². The molecule has 110 valence electrons. The van der Waals surface area contributed by atoms with Crippen molar-refractivity contribution in [2.24, 2.45) is 0 Å². The number of carbonyl (C=O) groups is 2. The molecule has 0 spiro atoms. The summed E-state index contributed by atoms with van der Waals surface area (Å²) in [5.74, 6) is 0.311. The van der Waals surface area contributed by atoms with E-state index >= 15 is 0 Å². The minimum Gasteiger partial charge on any atom is -0.459 e. The molecule has 0 saturated heterocycles. The maximum absolute atomic E-state index is 11.4. The summed E-state index contributed by atoms with van der Waals surface area (Å²) in [5.41, 5.74) is 2.67. The molecule has 21 heavy (non-hydrogen) atoms. The number of hydrogen-bond acceptors (Lipinski definition) is 4. The van der Waals surface area contributed by atoms with E-state index in [0.717, 1.165) is 16.9 Å². The predicted octanol–water partition coefficient (Wildman–Crippen LogP) is 2.18. The summed E-state index contributed by atoms with van der Waals surface area (Å²) < 4.78 is 5.22. The van der Waals surface area contributed by atoms with Crippen LogP contribution in [0.25, 0.3) is 11.0 Å². The van der Waals surface area contributed by atoms with E-state index in [0.29, 0.717) is 24.1 Å². The molecule has 0 saturated carbocycles. The van der Waals surface area contributed by atoms with Gasteiger partial charge in [-0.2, -0.15) is 0 Å². The smallest absolute Gasteiger partial charge is 0.333 e. The van der Waals surface area contributed by atoms with Crippen molar-refractivity contribution in [2.45, 2.75) is 26.4 Å². The van der Waals surface area contributed by atoms with Crippen LogP contribution in [0, 0.1) is 0 Å². The number of esters is 1. The minimum atomic E-state index is -0.406. The minimum absolute atomic E-state index is 0.303. The van der Waals surface area contributed by atoms with Crippen LogP contribution in [0.4, 0.5) is 5.69 Å². The summed E-state index contributed by atoms with van der Waals surface area (Å²) in [6.07, 6.45) is 0.796. The van der Waals surface area contributed by atoms with Crippen molar-refractivity contribution in [1.29, 1.82) is 0 Å². The van der Waals surface area contributed by atoms with Gasteiger partial charge in [0, 0.05) is 17.7 Å². The Morgan fingerprint density at radius 2 is 2.33 bits per heavy atom. The second-order valence-electron chi connectivity index (χ2n) is 4.88. The highest BCUT2D eigenvalue weighted by molar-refractivity contribution is 5.87. The molecule has 2 N–H and O–H groups in total. The number of hydrogen-bond donors (Lipinski definition) is 2. The zero-order valence-corrected chi connectivity index (χ0v) is 12.0. The summed E-state index contributed by atoms with van der Waals surface area (Å²) in [6.45, 7) is 6.95. The van der Waals surface area contributed by atoms with Crippen molar-refractivity contribution in [2.75, 3.05) is 5.32 Å². The molecule has 2 rings (SSSR count). The Morgan fingerprint density at radius 3 is 3.00 bits per heavy atom. The molecular weight excluding hydrogens is 270 g/mol. The monoisotopic (exact) mass is 287 g/mol. The topological polar surface area (TPSA) is 84.1 Å². The second kappa shape index (κ2) is 6.21. The normalized spacial score (nSPS) is 11.9. The number of H-pyrrole nitrogens is 1. The second-order valence-corrected chi connectivity index (χ2v) is 4.88. The van der Waals surface area contributed by atoms with Crippen LogP contribution >= 0.6 is 0 Å². The van der Waals surface area contributed by atoms with Crippen LogP contribution in [0.5, 0.6) is 0 Å². The molecule has 0 bridgehead atoms. The van der Waals surface area contributed by atoms with Crippen molar-refractivity contribution in [3.8, 4) is 0 Å². The van der Waals surface area contributed by atoms with Gasteiger partial charge in [-0.15, -0.1) is 0 Å². The molecule has 2 aromatic rings. The van der Waals surface area contributed by atoms with Crippen LogP contribution in [0.1, 0.15) is 19.7 Å². The van der Waals surface area contributed by atoms with E-state index in [1.54, 1.807) is 26.0 Å². The van der Waals surface area contributed by atoms with Gasteiger partial charge < -0.3 is 15.0 Å². The number of nitrogens with one attached hydrogen (secondary N) is 2. The van der Waals surface area contributed by atoms with Gasteiger partial charge in [0.15, 0.2) is 0 Å². The number of rotatable bonds is 6. The Morgan fingerprint density at radius 1 is 1.57 bits per heavy atom. The van der Waals surface area contributed by atoms with Gasteiger partial charge in [-0.1, -0.05) is 6.58 Å². The summed E-state index contributed by atoms with van der Waals surface area (Å²) >= 11 is 0. The quantitative estimate of drug-likeness (QED) is 0.484. The van der Waals surface area contributed by atoms with Gasteiger partial charge in [-0.05, 0) is 32.0 Å². The maximum Gasteiger partial charge on any atom is 0.333 e. The first-order valence-corrected chi connectivity index (χ1v) is 6.55. The Bertz CT molecular complexity index is 691. The average molecular weight is 287 g/mol. The molecule has 1 unspecified atom stereocenters. The molecule has 1 atom stereocenters. The Hall–Kier alpha value is -2.63. The Kier molecular flexibility index (Phi) is 4.37. The molecule has 0 fully saturated rings. The average Bonchev–Trinajstić information content (AvgIpc) is 2.80. The number of aromatic amines is 1. The zero-order valence-electron chi connectivity index (χ0n) is 12.0. The van der Waals surface area contributed by atoms with Crippen molar-refractivity contribution in [3.05, 3.63) is 36.2 Å². The van der Waals surface area contributed by atoms with Crippen LogP contribution in [-0.4, -0.2) is 28.5 Å². The van der Waals surface area contributed by atoms with Crippen LogP contribution in [0.15, 0.2) is 30.4 Å². The third kappa shape index (κ3) is 3.68. The molecule has 1 heterocycles. The number of benzene rings is 1. The number of imidazole rings is 1. The Balaban J connectivity index is 2.10. The molecule has 1 amide bonds. The van der Waals surface area contributed by atoms with Gasteiger partial charge in [0.25, 0.3) is 0 Å². The third-order valence-corrected chi connectivity index (χ3v) is 2.89. The molecule has 6 heteroatoms. The SMILES string of the molecule is C=C(C)C(=O)OC(C)Cc1nc2ccc(NC=O)cc2[nH]1. The van der Waals surface area contributed by atoms with Crippen LogP contribution in [-0.2, 0) is 20.7 Å².